The summed E-state index contributed by atoms with van der Waals surface area (Å²) in [5.74, 6) is -0.900. The molecular formula is C5H10ClNO2. The fourth-order valence-electron chi connectivity index (χ4n) is 0.243. The van der Waals surface area contributed by atoms with Crippen molar-refractivity contribution in [2.24, 2.45) is 0 Å². The maximum Gasteiger partial charge on any atom is 0.323 e. The molecule has 0 aliphatic heterocycles. The number of carbonyl (C=O) groups is 1. The molecule has 4 heteroatoms. The van der Waals surface area contributed by atoms with Crippen molar-refractivity contribution >= 4 is 17.6 Å². The number of carboxylic acid groups (broad SMARTS) is 1. The van der Waals surface area contributed by atoms with E-state index >= 15 is 0 Å². The van der Waals surface area contributed by atoms with Crippen molar-refractivity contribution in [1.82, 2.24) is 5.32 Å². The van der Waals surface area contributed by atoms with Crippen molar-refractivity contribution in [3.05, 3.63) is 0 Å². The van der Waals surface area contributed by atoms with Gasteiger partial charge in [-0.2, -0.15) is 0 Å². The molecule has 0 amide bonds. The minimum atomic E-state index is -0.915. The lowest BCUT2D eigenvalue weighted by molar-refractivity contribution is -0.143. The van der Waals surface area contributed by atoms with Crippen LogP contribution in [0.2, 0.25) is 0 Å². The largest absolute Gasteiger partial charge is 0.480 e. The maximum absolute atomic E-state index is 10.3. The third-order valence-corrected chi connectivity index (χ3v) is 1.18. The van der Waals surface area contributed by atoms with Crippen LogP contribution in [0.25, 0.3) is 0 Å². The van der Waals surface area contributed by atoms with Crippen LogP contribution in [0.15, 0.2) is 0 Å². The van der Waals surface area contributed by atoms with Crippen LogP contribution in [0, 0.1) is 0 Å². The Bertz CT molecular complexity index is 114. The third kappa shape index (κ3) is 2.67. The van der Waals surface area contributed by atoms with Gasteiger partial charge in [0.05, 0.1) is 6.00 Å². The number of alkyl halides is 1. The summed E-state index contributed by atoms with van der Waals surface area (Å²) >= 11 is 5.26. The van der Waals surface area contributed by atoms with Gasteiger partial charge in [-0.25, -0.2) is 0 Å². The van der Waals surface area contributed by atoms with Gasteiger partial charge < -0.3 is 5.11 Å². The van der Waals surface area contributed by atoms with Crippen molar-refractivity contribution in [2.45, 2.75) is 19.4 Å². The molecule has 0 bridgehead atoms. The zero-order chi connectivity index (χ0) is 7.49. The Balaban J connectivity index is 3.85. The second-order valence-electron chi connectivity index (χ2n) is 2.24. The maximum atomic E-state index is 10.3. The second-order valence-corrected chi connectivity index (χ2v) is 2.51. The topological polar surface area (TPSA) is 49.3 Å². The van der Waals surface area contributed by atoms with Gasteiger partial charge in [0.15, 0.2) is 0 Å². The number of hydrogen-bond donors (Lipinski definition) is 2. The molecule has 0 unspecified atom stereocenters. The van der Waals surface area contributed by atoms with Gasteiger partial charge in [-0.1, -0.05) is 0 Å². The summed E-state index contributed by atoms with van der Waals surface area (Å²) in [6.07, 6.45) is 0. The van der Waals surface area contributed by atoms with Gasteiger partial charge >= 0.3 is 5.97 Å². The van der Waals surface area contributed by atoms with Gasteiger partial charge in [0.25, 0.3) is 0 Å². The molecule has 2 N–H and O–H groups in total. The standard InChI is InChI=1S/C5H10ClNO2/c1-5(2,4(8)9)7-3-6/h7H,3H2,1-2H3,(H,8,9). The first kappa shape index (κ1) is 8.72. The van der Waals surface area contributed by atoms with E-state index in [1.54, 1.807) is 13.8 Å². The van der Waals surface area contributed by atoms with Crippen molar-refractivity contribution < 1.29 is 9.90 Å². The molecule has 0 aromatic carbocycles. The molecule has 3 nitrogen and oxygen atoms in total. The molecule has 0 heterocycles. The summed E-state index contributed by atoms with van der Waals surface area (Å²) in [5, 5.41) is 11.0. The smallest absolute Gasteiger partial charge is 0.323 e. The van der Waals surface area contributed by atoms with Gasteiger partial charge in [-0.05, 0) is 13.8 Å². The highest BCUT2D eigenvalue weighted by molar-refractivity contribution is 6.17. The Morgan fingerprint density at radius 3 is 2.33 bits per heavy atom. The van der Waals surface area contributed by atoms with Gasteiger partial charge in [0.1, 0.15) is 5.54 Å². The van der Waals surface area contributed by atoms with E-state index < -0.39 is 11.5 Å². The van der Waals surface area contributed by atoms with E-state index in [-0.39, 0.29) is 6.00 Å². The second kappa shape index (κ2) is 3.03. The van der Waals surface area contributed by atoms with Gasteiger partial charge in [0.2, 0.25) is 0 Å². The Morgan fingerprint density at radius 1 is 1.78 bits per heavy atom. The monoisotopic (exact) mass is 151 g/mol. The third-order valence-electron chi connectivity index (χ3n) is 1.04. The molecule has 0 aliphatic rings. The number of hydrogen-bond acceptors (Lipinski definition) is 2. The van der Waals surface area contributed by atoms with Gasteiger partial charge in [-0.3, -0.25) is 10.1 Å². The molecule has 0 rings (SSSR count). The van der Waals surface area contributed by atoms with Crippen LogP contribution in [0.3, 0.4) is 0 Å². The molecule has 54 valence electrons. The van der Waals surface area contributed by atoms with E-state index in [4.69, 9.17) is 16.7 Å². The summed E-state index contributed by atoms with van der Waals surface area (Å²) in [5.41, 5.74) is -0.915. The molecule has 0 saturated carbocycles. The molecular weight excluding hydrogens is 142 g/mol. The molecule has 9 heavy (non-hydrogen) atoms. The fourth-order valence-corrected chi connectivity index (χ4v) is 0.577. The average Bonchev–Trinajstić information content (AvgIpc) is 1.65. The summed E-state index contributed by atoms with van der Waals surface area (Å²) in [6, 6.07) is 0.152. The molecule has 0 spiro atoms. The van der Waals surface area contributed by atoms with E-state index in [0.29, 0.717) is 0 Å². The summed E-state index contributed by atoms with van der Waals surface area (Å²) < 4.78 is 0. The SMILES string of the molecule is CC(C)(NCCl)C(=O)O. The highest BCUT2D eigenvalue weighted by atomic mass is 35.5. The first-order valence-corrected chi connectivity index (χ1v) is 3.08. The van der Waals surface area contributed by atoms with Crippen LogP contribution in [-0.4, -0.2) is 22.6 Å². The van der Waals surface area contributed by atoms with Crippen LogP contribution in [0.4, 0.5) is 0 Å². The van der Waals surface area contributed by atoms with E-state index in [2.05, 4.69) is 5.32 Å². The lowest BCUT2D eigenvalue weighted by Crippen LogP contribution is -2.45. The van der Waals surface area contributed by atoms with E-state index in [0.717, 1.165) is 0 Å². The Hall–Kier alpha value is -0.280. The van der Waals surface area contributed by atoms with Crippen LogP contribution in [0.1, 0.15) is 13.8 Å². The van der Waals surface area contributed by atoms with Crippen molar-refractivity contribution in [1.29, 1.82) is 0 Å². The number of halogens is 1. The summed E-state index contributed by atoms with van der Waals surface area (Å²) in [6.45, 7) is 3.11. The zero-order valence-corrected chi connectivity index (χ0v) is 6.20. The molecule has 0 radical (unpaired) electrons. The van der Waals surface area contributed by atoms with Crippen molar-refractivity contribution in [3.8, 4) is 0 Å². The summed E-state index contributed by atoms with van der Waals surface area (Å²) in [4.78, 5) is 10.3. The van der Waals surface area contributed by atoms with E-state index in [1.165, 1.54) is 0 Å². The lowest BCUT2D eigenvalue weighted by Gasteiger charge is -2.18. The Kier molecular flexibility index (Phi) is 2.94. The fraction of sp³-hybridized carbons (Fsp3) is 0.800. The molecule has 0 aliphatic carbocycles. The van der Waals surface area contributed by atoms with Gasteiger partial charge in [-0.15, -0.1) is 11.6 Å². The highest BCUT2D eigenvalue weighted by Gasteiger charge is 2.24. The van der Waals surface area contributed by atoms with Crippen molar-refractivity contribution in [2.75, 3.05) is 6.00 Å². The Labute approximate surface area is 59.0 Å². The minimum absolute atomic E-state index is 0.152. The molecule has 0 atom stereocenters. The van der Waals surface area contributed by atoms with Crippen molar-refractivity contribution in [3.63, 3.8) is 0 Å². The number of nitrogens with one attached hydrogen (secondary N) is 1. The number of rotatable bonds is 3. The molecule has 0 aromatic rings. The average molecular weight is 152 g/mol. The minimum Gasteiger partial charge on any atom is -0.480 e. The van der Waals surface area contributed by atoms with Crippen LogP contribution in [-0.2, 0) is 4.79 Å². The Morgan fingerprint density at radius 2 is 2.22 bits per heavy atom. The normalized spacial score (nSPS) is 11.4. The zero-order valence-electron chi connectivity index (χ0n) is 5.44. The van der Waals surface area contributed by atoms with Crippen LogP contribution < -0.4 is 5.32 Å². The molecule has 0 fully saturated rings. The first-order valence-electron chi connectivity index (χ1n) is 2.55. The van der Waals surface area contributed by atoms with E-state index in [9.17, 15) is 4.79 Å². The van der Waals surface area contributed by atoms with Crippen LogP contribution >= 0.6 is 11.6 Å². The summed E-state index contributed by atoms with van der Waals surface area (Å²) in [7, 11) is 0. The van der Waals surface area contributed by atoms with E-state index in [1.807, 2.05) is 0 Å². The number of carboxylic acids is 1. The number of aliphatic carboxylic acids is 1. The van der Waals surface area contributed by atoms with Gasteiger partial charge in [0, 0.05) is 0 Å². The highest BCUT2D eigenvalue weighted by Crippen LogP contribution is 2.00. The predicted molar refractivity (Wildman–Crippen MR) is 35.6 cm³/mol. The first-order chi connectivity index (χ1) is 4.00. The quantitative estimate of drug-likeness (QED) is 0.460. The predicted octanol–water partition coefficient (Wildman–Crippen LogP) is 0.635. The lowest BCUT2D eigenvalue weighted by atomic mass is 10.1. The van der Waals surface area contributed by atoms with Crippen LogP contribution in [0.5, 0.6) is 0 Å². The molecule has 0 saturated heterocycles. The molecule has 0 aromatic heterocycles.